The van der Waals surface area contributed by atoms with Crippen molar-refractivity contribution in [1.29, 1.82) is 0 Å². The van der Waals surface area contributed by atoms with Gasteiger partial charge in [-0.2, -0.15) is 0 Å². The number of nitrogens with zero attached hydrogens (tertiary/aromatic N) is 1. The molecule has 1 rings (SSSR count). The summed E-state index contributed by atoms with van der Waals surface area (Å²) in [5, 5.41) is 11.7. The van der Waals surface area contributed by atoms with Gasteiger partial charge in [0, 0.05) is 19.1 Å². The molecule has 1 fully saturated rings. The lowest BCUT2D eigenvalue weighted by molar-refractivity contribution is -0.137. The molecule has 5 nitrogen and oxygen atoms in total. The molecule has 18 heavy (non-hydrogen) atoms. The number of carbonyl (C=O) groups excluding carboxylic acids is 1. The molecule has 0 saturated carbocycles. The van der Waals surface area contributed by atoms with E-state index in [1.54, 1.807) is 4.90 Å². The van der Waals surface area contributed by atoms with Crippen molar-refractivity contribution in [3.8, 4) is 0 Å². The van der Waals surface area contributed by atoms with Gasteiger partial charge in [-0.1, -0.05) is 20.8 Å². The fourth-order valence-corrected chi connectivity index (χ4v) is 2.06. The number of hydrogen-bond donors (Lipinski definition) is 2. The van der Waals surface area contributed by atoms with Gasteiger partial charge in [-0.25, -0.2) is 4.79 Å². The third kappa shape index (κ3) is 4.20. The van der Waals surface area contributed by atoms with Gasteiger partial charge in [-0.3, -0.25) is 4.79 Å². The maximum absolute atomic E-state index is 12.0. The number of carbonyl (C=O) groups is 2. The molecule has 2 N–H and O–H groups in total. The average Bonchev–Trinajstić information content (AvgIpc) is 2.73. The van der Waals surface area contributed by atoms with Crippen molar-refractivity contribution in [1.82, 2.24) is 10.2 Å². The summed E-state index contributed by atoms with van der Waals surface area (Å²) in [5.74, 6) is -0.839. The lowest BCUT2D eigenvalue weighted by atomic mass is 9.90. The zero-order chi connectivity index (χ0) is 13.8. The number of urea groups is 1. The van der Waals surface area contributed by atoms with Crippen LogP contribution in [0.25, 0.3) is 0 Å². The number of nitrogens with one attached hydrogen (secondary N) is 1. The first-order chi connectivity index (χ1) is 8.35. The minimum absolute atomic E-state index is 0.0462. The maximum atomic E-state index is 12.0. The van der Waals surface area contributed by atoms with Crippen LogP contribution in [-0.4, -0.2) is 41.1 Å². The molecule has 0 aromatic rings. The highest BCUT2D eigenvalue weighted by Crippen LogP contribution is 2.21. The molecule has 1 saturated heterocycles. The molecular weight excluding hydrogens is 232 g/mol. The van der Waals surface area contributed by atoms with Gasteiger partial charge in [0.2, 0.25) is 0 Å². The Kier molecular flexibility index (Phi) is 4.99. The first-order valence-corrected chi connectivity index (χ1v) is 6.62. The van der Waals surface area contributed by atoms with E-state index in [-0.39, 0.29) is 23.9 Å². The van der Waals surface area contributed by atoms with Crippen molar-refractivity contribution in [3.63, 3.8) is 0 Å². The van der Waals surface area contributed by atoms with E-state index in [0.29, 0.717) is 13.1 Å². The smallest absolute Gasteiger partial charge is 0.317 e. The summed E-state index contributed by atoms with van der Waals surface area (Å²) in [6.45, 7) is 7.59. The van der Waals surface area contributed by atoms with Crippen molar-refractivity contribution in [2.45, 2.75) is 52.5 Å². The quantitative estimate of drug-likeness (QED) is 0.791. The number of rotatable bonds is 5. The monoisotopic (exact) mass is 256 g/mol. The molecule has 1 unspecified atom stereocenters. The molecule has 2 amide bonds. The second-order valence-corrected chi connectivity index (χ2v) is 5.76. The Labute approximate surface area is 109 Å². The van der Waals surface area contributed by atoms with Gasteiger partial charge in [-0.05, 0) is 24.7 Å². The van der Waals surface area contributed by atoms with Gasteiger partial charge in [0.25, 0.3) is 0 Å². The number of carboxylic acid groups (broad SMARTS) is 1. The second kappa shape index (κ2) is 6.07. The van der Waals surface area contributed by atoms with Gasteiger partial charge < -0.3 is 15.3 Å². The van der Waals surface area contributed by atoms with Crippen LogP contribution in [0, 0.1) is 5.41 Å². The van der Waals surface area contributed by atoms with Crippen molar-refractivity contribution in [2.24, 2.45) is 5.41 Å². The predicted octanol–water partition coefficient (Wildman–Crippen LogP) is 2.07. The third-order valence-corrected chi connectivity index (χ3v) is 3.72. The normalized spacial score (nSPS) is 19.9. The SMILES string of the molecule is CCC(C)(C)CNC(=O)N1CCCC1CC(=O)O. The zero-order valence-electron chi connectivity index (χ0n) is 11.5. The van der Waals surface area contributed by atoms with Crippen LogP contribution >= 0.6 is 0 Å². The number of aliphatic carboxylic acids is 1. The van der Waals surface area contributed by atoms with Gasteiger partial charge in [0.05, 0.1) is 6.42 Å². The van der Waals surface area contributed by atoms with Crippen molar-refractivity contribution in [2.75, 3.05) is 13.1 Å². The van der Waals surface area contributed by atoms with E-state index in [1.807, 2.05) is 0 Å². The fourth-order valence-electron chi connectivity index (χ4n) is 2.06. The summed E-state index contributed by atoms with van der Waals surface area (Å²) < 4.78 is 0. The Bertz CT molecular complexity index is 315. The highest BCUT2D eigenvalue weighted by molar-refractivity contribution is 5.76. The molecule has 0 radical (unpaired) electrons. The van der Waals surface area contributed by atoms with Gasteiger partial charge in [0.1, 0.15) is 0 Å². The van der Waals surface area contributed by atoms with Crippen LogP contribution in [0.5, 0.6) is 0 Å². The molecule has 0 aromatic carbocycles. The molecule has 0 spiro atoms. The number of carboxylic acids is 1. The minimum Gasteiger partial charge on any atom is -0.481 e. The van der Waals surface area contributed by atoms with Crippen LogP contribution in [0.2, 0.25) is 0 Å². The number of likely N-dealkylation sites (tertiary alicyclic amines) is 1. The van der Waals surface area contributed by atoms with E-state index in [4.69, 9.17) is 5.11 Å². The van der Waals surface area contributed by atoms with Gasteiger partial charge in [0.15, 0.2) is 0 Å². The molecule has 104 valence electrons. The van der Waals surface area contributed by atoms with E-state index in [0.717, 1.165) is 19.3 Å². The summed E-state index contributed by atoms with van der Waals surface area (Å²) >= 11 is 0. The summed E-state index contributed by atoms with van der Waals surface area (Å²) in [6, 6.07) is -0.271. The van der Waals surface area contributed by atoms with Crippen LogP contribution in [0.15, 0.2) is 0 Å². The molecule has 5 heteroatoms. The lowest BCUT2D eigenvalue weighted by Gasteiger charge is -2.28. The summed E-state index contributed by atoms with van der Waals surface area (Å²) in [6.07, 6.45) is 2.72. The molecule has 0 aliphatic carbocycles. The van der Waals surface area contributed by atoms with Crippen LogP contribution in [-0.2, 0) is 4.79 Å². The van der Waals surface area contributed by atoms with E-state index in [2.05, 4.69) is 26.1 Å². The standard InChI is InChI=1S/C13H24N2O3/c1-4-13(2,3)9-14-12(18)15-7-5-6-10(15)8-11(16)17/h10H,4-9H2,1-3H3,(H,14,18)(H,16,17). The number of hydrogen-bond acceptors (Lipinski definition) is 2. The zero-order valence-corrected chi connectivity index (χ0v) is 11.5. The minimum atomic E-state index is -0.839. The van der Waals surface area contributed by atoms with Gasteiger partial charge in [-0.15, -0.1) is 0 Å². The Morgan fingerprint density at radius 3 is 2.67 bits per heavy atom. The average molecular weight is 256 g/mol. The summed E-state index contributed by atoms with van der Waals surface area (Å²) in [5.41, 5.74) is 0.0810. The van der Waals surface area contributed by atoms with E-state index in [1.165, 1.54) is 0 Å². The molecule has 1 heterocycles. The second-order valence-electron chi connectivity index (χ2n) is 5.76. The topological polar surface area (TPSA) is 69.6 Å². The summed E-state index contributed by atoms with van der Waals surface area (Å²) in [4.78, 5) is 24.4. The van der Waals surface area contributed by atoms with E-state index in [9.17, 15) is 9.59 Å². The first kappa shape index (κ1) is 14.8. The first-order valence-electron chi connectivity index (χ1n) is 6.62. The number of amides is 2. The maximum Gasteiger partial charge on any atom is 0.317 e. The van der Waals surface area contributed by atoms with E-state index >= 15 is 0 Å². The molecule has 0 bridgehead atoms. The van der Waals surface area contributed by atoms with Crippen LogP contribution in [0.3, 0.4) is 0 Å². The van der Waals surface area contributed by atoms with Crippen LogP contribution < -0.4 is 5.32 Å². The Morgan fingerprint density at radius 1 is 1.44 bits per heavy atom. The third-order valence-electron chi connectivity index (χ3n) is 3.72. The van der Waals surface area contributed by atoms with Crippen molar-refractivity contribution in [3.05, 3.63) is 0 Å². The Morgan fingerprint density at radius 2 is 2.11 bits per heavy atom. The largest absolute Gasteiger partial charge is 0.481 e. The van der Waals surface area contributed by atoms with E-state index < -0.39 is 5.97 Å². The highest BCUT2D eigenvalue weighted by atomic mass is 16.4. The molecule has 1 aliphatic rings. The predicted molar refractivity (Wildman–Crippen MR) is 69.5 cm³/mol. The Hall–Kier alpha value is -1.26. The molecule has 0 aromatic heterocycles. The molecular formula is C13H24N2O3. The van der Waals surface area contributed by atoms with Crippen molar-refractivity contribution >= 4 is 12.0 Å². The van der Waals surface area contributed by atoms with Gasteiger partial charge >= 0.3 is 12.0 Å². The van der Waals surface area contributed by atoms with Crippen LogP contribution in [0.4, 0.5) is 4.79 Å². The summed E-state index contributed by atoms with van der Waals surface area (Å²) in [7, 11) is 0. The molecule has 1 atom stereocenters. The Balaban J connectivity index is 2.48. The van der Waals surface area contributed by atoms with Crippen LogP contribution in [0.1, 0.15) is 46.5 Å². The lowest BCUT2D eigenvalue weighted by Crippen LogP contribution is -2.46. The van der Waals surface area contributed by atoms with Crippen molar-refractivity contribution < 1.29 is 14.7 Å². The fraction of sp³-hybridized carbons (Fsp3) is 0.846. The molecule has 1 aliphatic heterocycles. The highest BCUT2D eigenvalue weighted by Gasteiger charge is 2.30.